The van der Waals surface area contributed by atoms with E-state index in [0.717, 1.165) is 68.7 Å². The molecule has 0 spiro atoms. The molecule has 1 unspecified atom stereocenters. The molecule has 54 heteroatoms. The molecule has 0 saturated carbocycles. The number of carbonyl (C=O) groups excluding carboxylic acids is 17. The average Bonchev–Trinajstić information content (AvgIpc) is 0.792. The van der Waals surface area contributed by atoms with Crippen LogP contribution in [0.5, 0.6) is 0 Å². The van der Waals surface area contributed by atoms with Gasteiger partial charge in [0.2, 0.25) is 47.3 Å². The zero-order valence-corrected chi connectivity index (χ0v) is 88.0. The minimum absolute atomic E-state index is 0.00662. The first kappa shape index (κ1) is 131. The van der Waals surface area contributed by atoms with Crippen molar-refractivity contribution in [2.75, 3.05) is 191 Å². The van der Waals surface area contributed by atoms with Crippen LogP contribution in [-0.4, -0.2) is 413 Å². The summed E-state index contributed by atoms with van der Waals surface area (Å²) in [5.74, 6) is -11.2. The lowest BCUT2D eigenvalue weighted by atomic mass is 9.96. The number of amides is 8. The van der Waals surface area contributed by atoms with Crippen LogP contribution in [0.2, 0.25) is 0 Å². The van der Waals surface area contributed by atoms with Gasteiger partial charge in [0.1, 0.15) is 88.2 Å². The lowest BCUT2D eigenvalue weighted by molar-refractivity contribution is -0.279. The van der Waals surface area contributed by atoms with E-state index in [9.17, 15) is 81.5 Å². The molecule has 3 heterocycles. The van der Waals surface area contributed by atoms with Crippen molar-refractivity contribution in [3.63, 3.8) is 0 Å². The van der Waals surface area contributed by atoms with Gasteiger partial charge in [0.15, 0.2) is 55.5 Å². The van der Waals surface area contributed by atoms with Crippen molar-refractivity contribution in [2.45, 2.75) is 298 Å². The summed E-state index contributed by atoms with van der Waals surface area (Å²) < 4.78 is 149. The van der Waals surface area contributed by atoms with E-state index >= 15 is 0 Å². The van der Waals surface area contributed by atoms with Crippen molar-refractivity contribution in [3.8, 4) is 6.07 Å². The zero-order valence-electron chi connectivity index (χ0n) is 87.2. The predicted octanol–water partition coefficient (Wildman–Crippen LogP) is -0.334. The molecule has 3 fully saturated rings. The van der Waals surface area contributed by atoms with E-state index in [-0.39, 0.29) is 196 Å². The smallest absolute Gasteiger partial charge is 0.303 e. The van der Waals surface area contributed by atoms with E-state index in [1.54, 1.807) is 0 Å². The summed E-state index contributed by atoms with van der Waals surface area (Å²) >= 11 is 0. The third kappa shape index (κ3) is 59.4. The van der Waals surface area contributed by atoms with Gasteiger partial charge < -0.3 is 165 Å². The molecule has 8 amide bonds. The number of rotatable bonds is 79. The molecule has 0 aliphatic carbocycles. The van der Waals surface area contributed by atoms with E-state index in [1.165, 1.54) is 20.8 Å². The molecule has 3 aliphatic heterocycles. The van der Waals surface area contributed by atoms with Gasteiger partial charge in [-0.2, -0.15) is 5.26 Å². The Kier molecular flexibility index (Phi) is 69.3. The number of hydrogen-bond acceptors (Lipinski definition) is 45. The van der Waals surface area contributed by atoms with Crippen molar-refractivity contribution in [2.24, 2.45) is 0 Å². The number of nitrogens with zero attached hydrogens (tertiary/aromatic N) is 2. The molecular weight excluding hydrogens is 1980 g/mol. The normalized spacial score (nSPS) is 21.2. The number of hydrogen-bond donors (Lipinski definition) is 8. The summed E-state index contributed by atoms with van der Waals surface area (Å²) in [6.07, 6.45) is -11.1. The Balaban J connectivity index is 1.68. The molecule has 18 atom stereocenters. The number of esters is 9. The third-order valence-corrected chi connectivity index (χ3v) is 22.8. The Labute approximate surface area is 857 Å². The van der Waals surface area contributed by atoms with Crippen LogP contribution >= 0.6 is 8.53 Å². The van der Waals surface area contributed by atoms with Crippen molar-refractivity contribution in [3.05, 3.63) is 0 Å². The Hall–Kier alpha value is -9.81. The Bertz CT molecular complexity index is 3980. The lowest BCUT2D eigenvalue weighted by Crippen LogP contribution is -2.66. The first-order chi connectivity index (χ1) is 70.1. The first-order valence-corrected chi connectivity index (χ1v) is 50.1. The third-order valence-electron chi connectivity index (χ3n) is 20.7. The molecule has 0 radical (unpaired) electrons. The molecule has 53 nitrogen and oxygen atoms in total. The van der Waals surface area contributed by atoms with Gasteiger partial charge in [0, 0.05) is 115 Å². The van der Waals surface area contributed by atoms with Crippen LogP contribution < -0.4 is 42.5 Å². The zero-order chi connectivity index (χ0) is 109. The SMILES string of the molecule is CC(=O)N[C@H]1[C@H](OCCOCCOCCOCC(=O)NCCCC[C@H](NC(=O)COCCOCCOCCO[C@@H]2O[C@H](COC(C)=O)[C@H](OC(C)=O)[C@H](OC(C)=O)[C@H]2NC(C)=O)C(=O)N[C@H](CCCCNC(=O)COCCOCCOCCO[C@@H]2O[C@H](COC(C)=O)[C@H](OC(C)=O)[C@H](OC(C)=O)[C@H]2NC(C)=O)C(=O)NCCCCCCOP(OCCC#N)N(C(C)C)C(C)C)O[C@H](COC(C)=O)[C@H](OC(C)=O)[C@@H]1OC(C)=O. The van der Waals surface area contributed by atoms with E-state index in [0.29, 0.717) is 45.1 Å². The number of unbranched alkanes of at least 4 members (excludes halogenated alkanes) is 5. The lowest BCUT2D eigenvalue weighted by Gasteiger charge is -2.44. The van der Waals surface area contributed by atoms with Crippen LogP contribution in [0.4, 0.5) is 0 Å². The summed E-state index contributed by atoms with van der Waals surface area (Å²) in [6, 6.07) is -3.60. The predicted molar refractivity (Wildman–Crippen MR) is 507 cm³/mol. The van der Waals surface area contributed by atoms with Crippen LogP contribution in [-0.2, 0) is 204 Å². The van der Waals surface area contributed by atoms with Gasteiger partial charge in [-0.15, -0.1) is 0 Å². The summed E-state index contributed by atoms with van der Waals surface area (Å²) in [6.45, 7) is 20.7. The summed E-state index contributed by atoms with van der Waals surface area (Å²) in [5.41, 5.74) is 0. The largest absolute Gasteiger partial charge is 0.463 e. The van der Waals surface area contributed by atoms with E-state index in [4.69, 9.17) is 128 Å². The van der Waals surface area contributed by atoms with Gasteiger partial charge >= 0.3 is 53.7 Å². The average molecular weight is 2130 g/mol. The van der Waals surface area contributed by atoms with Gasteiger partial charge in [-0.3, -0.25) is 81.5 Å². The summed E-state index contributed by atoms with van der Waals surface area (Å²) in [7, 11) is -1.44. The van der Waals surface area contributed by atoms with Crippen molar-refractivity contribution >= 4 is 110 Å². The number of nitrogens with one attached hydrogen (secondary N) is 8. The van der Waals surface area contributed by atoms with Gasteiger partial charge in [0.05, 0.1) is 145 Å². The highest BCUT2D eigenvalue weighted by molar-refractivity contribution is 7.44. The monoisotopic (exact) mass is 2130 g/mol. The minimum atomic E-state index is -1.44. The number of nitriles is 1. The number of carbonyl (C=O) groups is 17. The van der Waals surface area contributed by atoms with Crippen LogP contribution in [0, 0.1) is 11.3 Å². The topological polar surface area (TPSA) is 653 Å². The van der Waals surface area contributed by atoms with Crippen LogP contribution in [0.15, 0.2) is 0 Å². The molecule has 0 aromatic carbocycles. The molecular formula is C93H155N10O43P. The van der Waals surface area contributed by atoms with Gasteiger partial charge in [-0.25, -0.2) is 4.67 Å². The summed E-state index contributed by atoms with van der Waals surface area (Å²) in [4.78, 5) is 214. The second kappa shape index (κ2) is 77.5. The fraction of sp³-hybridized carbons (Fsp3) is 0.806. The molecule has 3 saturated heterocycles. The maximum absolute atomic E-state index is 14.6. The Morgan fingerprint density at radius 3 is 0.912 bits per heavy atom. The molecule has 3 rings (SSSR count). The van der Waals surface area contributed by atoms with Crippen molar-refractivity contribution in [1.82, 2.24) is 47.2 Å². The maximum atomic E-state index is 14.6. The minimum Gasteiger partial charge on any atom is -0.463 e. The van der Waals surface area contributed by atoms with Gasteiger partial charge in [-0.05, 0) is 79.1 Å². The number of ether oxygens (including phenoxy) is 24. The molecule has 3 aliphatic rings. The van der Waals surface area contributed by atoms with E-state index in [1.807, 2.05) is 27.7 Å². The van der Waals surface area contributed by atoms with Crippen LogP contribution in [0.3, 0.4) is 0 Å². The fourth-order valence-corrected chi connectivity index (χ4v) is 16.3. The highest BCUT2D eigenvalue weighted by Gasteiger charge is 2.55. The van der Waals surface area contributed by atoms with Gasteiger partial charge in [0.25, 0.3) is 8.53 Å². The molecule has 147 heavy (non-hydrogen) atoms. The first-order valence-electron chi connectivity index (χ1n) is 49.0. The van der Waals surface area contributed by atoms with E-state index < -0.39 is 240 Å². The standard InChI is InChI=1S/C93H155N10O43P/c1-58(2)103(59(3)4)147(137-33-25-28-94)136-32-24-18-17-21-31-97-89(119)72(26-19-22-29-95-77(116)55-127-43-40-121-34-37-124-46-49-130-91-80(98-60(5)104)86(141-69(14)113)83(138-66(11)110)74(144-91)52-133-63(8)107)102-90(120)73(101-79(118)57-129-45-42-123-36-39-126-48-51-132-93-82(100-62(7)106)88(143-71(16)115)85(140-68(13)112)76(146-93)54-135-65(10)109)27-20-23-30-96-78(117)56-128-44-41-122-35-38-125-47-50-131-92-81(99-61(6)105)87(142-70(15)114)84(139-67(12)111)75(145-92)53-134-64(9)108/h58-59,72-76,80-88,91-93H,17-27,29-57H2,1-16H3,(H,95,116)(H,96,117)(H,97,119)(H,98,104)(H,99,105)(H,100,106)(H,101,118)(H,102,120)/t72-,73+,74-,75-,76-,80-,81-,82-,83+,84+,85+,86-,87-,88-,91-,92-,93-,147?/m1/s1. The summed E-state index contributed by atoms with van der Waals surface area (Å²) in [5, 5.41) is 31.1. The van der Waals surface area contributed by atoms with Crippen LogP contribution in [0.25, 0.3) is 0 Å². The maximum Gasteiger partial charge on any atom is 0.303 e. The van der Waals surface area contributed by atoms with Crippen molar-refractivity contribution in [1.29, 1.82) is 5.26 Å². The molecule has 8 N–H and O–H groups in total. The quantitative estimate of drug-likeness (QED) is 0.0167. The molecule has 0 aromatic rings. The fourth-order valence-electron chi connectivity index (χ4n) is 14.7. The molecule has 840 valence electrons. The van der Waals surface area contributed by atoms with Crippen molar-refractivity contribution < 1.29 is 204 Å². The molecule has 0 aromatic heterocycles. The highest BCUT2D eigenvalue weighted by atomic mass is 31.2. The van der Waals surface area contributed by atoms with E-state index in [2.05, 4.69) is 53.3 Å². The Morgan fingerprint density at radius 1 is 0.313 bits per heavy atom. The Morgan fingerprint density at radius 2 is 0.599 bits per heavy atom. The highest BCUT2D eigenvalue weighted by Crippen LogP contribution is 2.46. The van der Waals surface area contributed by atoms with Crippen LogP contribution in [0.1, 0.15) is 181 Å². The van der Waals surface area contributed by atoms with Gasteiger partial charge in [-0.1, -0.05) is 12.8 Å². The second-order valence-corrected chi connectivity index (χ2v) is 35.5. The second-order valence-electron chi connectivity index (χ2n) is 34.1. The molecule has 0 bridgehead atoms.